The lowest BCUT2D eigenvalue weighted by Crippen LogP contribution is -2.36. The minimum Gasteiger partial charge on any atom is -0.392 e. The summed E-state index contributed by atoms with van der Waals surface area (Å²) < 4.78 is 32.3. The highest BCUT2D eigenvalue weighted by molar-refractivity contribution is 5.24. The molecule has 0 saturated heterocycles. The molecule has 21 heavy (non-hydrogen) atoms. The van der Waals surface area contributed by atoms with Crippen molar-refractivity contribution < 1.29 is 18.6 Å². The first-order chi connectivity index (χ1) is 10.0. The Balaban J connectivity index is 1.94. The molecule has 1 aromatic rings. The SMILES string of the molecule is CCOC1CC(CC(O)C(CN)c2ccc(F)cc2F)C1. The largest absolute Gasteiger partial charge is 0.392 e. The van der Waals surface area contributed by atoms with E-state index in [0.29, 0.717) is 18.9 Å². The zero-order chi connectivity index (χ0) is 15.4. The molecule has 118 valence electrons. The van der Waals surface area contributed by atoms with E-state index in [1.807, 2.05) is 6.92 Å². The van der Waals surface area contributed by atoms with E-state index in [0.717, 1.165) is 18.9 Å². The summed E-state index contributed by atoms with van der Waals surface area (Å²) in [6.07, 6.45) is 1.98. The quantitative estimate of drug-likeness (QED) is 0.813. The highest BCUT2D eigenvalue weighted by Crippen LogP contribution is 2.36. The normalized spacial score (nSPS) is 24.4. The topological polar surface area (TPSA) is 55.5 Å². The fourth-order valence-corrected chi connectivity index (χ4v) is 3.04. The van der Waals surface area contributed by atoms with Crippen LogP contribution in [-0.2, 0) is 4.74 Å². The smallest absolute Gasteiger partial charge is 0.129 e. The van der Waals surface area contributed by atoms with Crippen LogP contribution in [0.15, 0.2) is 18.2 Å². The lowest BCUT2D eigenvalue weighted by Gasteiger charge is -2.37. The second kappa shape index (κ2) is 7.29. The van der Waals surface area contributed by atoms with Gasteiger partial charge in [0.05, 0.1) is 12.2 Å². The van der Waals surface area contributed by atoms with Crippen molar-refractivity contribution in [1.29, 1.82) is 0 Å². The number of hydrogen-bond acceptors (Lipinski definition) is 3. The standard InChI is InChI=1S/C16H23F2NO2/c1-2-21-12-5-10(6-12)7-16(20)14(9-19)13-4-3-11(17)8-15(13)18/h3-4,8,10,12,14,16,20H,2,5-7,9,19H2,1H3. The molecule has 3 N–H and O–H groups in total. The Kier molecular flexibility index (Phi) is 5.67. The van der Waals surface area contributed by atoms with Gasteiger partial charge in [-0.3, -0.25) is 0 Å². The van der Waals surface area contributed by atoms with Crippen molar-refractivity contribution >= 4 is 0 Å². The third-order valence-electron chi connectivity index (χ3n) is 4.25. The van der Waals surface area contributed by atoms with Crippen LogP contribution < -0.4 is 5.73 Å². The van der Waals surface area contributed by atoms with Gasteiger partial charge in [0.25, 0.3) is 0 Å². The van der Waals surface area contributed by atoms with Gasteiger partial charge in [-0.25, -0.2) is 8.78 Å². The maximum Gasteiger partial charge on any atom is 0.129 e. The first kappa shape index (κ1) is 16.3. The summed E-state index contributed by atoms with van der Waals surface area (Å²) >= 11 is 0. The van der Waals surface area contributed by atoms with E-state index in [4.69, 9.17) is 10.5 Å². The molecule has 1 aromatic carbocycles. The maximum absolute atomic E-state index is 13.8. The Labute approximate surface area is 124 Å². The Morgan fingerprint density at radius 1 is 1.38 bits per heavy atom. The highest BCUT2D eigenvalue weighted by Gasteiger charge is 2.33. The predicted molar refractivity (Wildman–Crippen MR) is 76.9 cm³/mol. The van der Waals surface area contributed by atoms with Crippen LogP contribution in [0.2, 0.25) is 0 Å². The van der Waals surface area contributed by atoms with Crippen molar-refractivity contribution in [3.05, 3.63) is 35.4 Å². The molecule has 1 saturated carbocycles. The molecule has 0 bridgehead atoms. The minimum atomic E-state index is -0.720. The molecule has 5 heteroatoms. The van der Waals surface area contributed by atoms with Gasteiger partial charge in [0.2, 0.25) is 0 Å². The van der Waals surface area contributed by atoms with Gasteiger partial charge in [0.15, 0.2) is 0 Å². The third kappa shape index (κ3) is 3.99. The number of hydrogen-bond donors (Lipinski definition) is 2. The Hall–Kier alpha value is -1.04. The molecule has 2 atom stereocenters. The van der Waals surface area contributed by atoms with Gasteiger partial charge in [0, 0.05) is 25.1 Å². The fraction of sp³-hybridized carbons (Fsp3) is 0.625. The average Bonchev–Trinajstić information content (AvgIpc) is 2.39. The zero-order valence-electron chi connectivity index (χ0n) is 12.3. The number of rotatable bonds is 7. The lowest BCUT2D eigenvalue weighted by atomic mass is 9.76. The summed E-state index contributed by atoms with van der Waals surface area (Å²) in [6, 6.07) is 3.40. The molecule has 0 heterocycles. The molecule has 1 aliphatic carbocycles. The van der Waals surface area contributed by atoms with Gasteiger partial charge in [0.1, 0.15) is 11.6 Å². The Morgan fingerprint density at radius 2 is 2.10 bits per heavy atom. The molecule has 1 fully saturated rings. The van der Waals surface area contributed by atoms with Crippen molar-refractivity contribution in [1.82, 2.24) is 0 Å². The van der Waals surface area contributed by atoms with Crippen LogP contribution in [0.1, 0.15) is 37.7 Å². The van der Waals surface area contributed by atoms with Crippen molar-refractivity contribution in [2.24, 2.45) is 11.7 Å². The molecule has 0 aromatic heterocycles. The minimum absolute atomic E-state index is 0.130. The zero-order valence-corrected chi connectivity index (χ0v) is 12.3. The Morgan fingerprint density at radius 3 is 2.67 bits per heavy atom. The summed E-state index contributed by atoms with van der Waals surface area (Å²) in [5.74, 6) is -1.39. The van der Waals surface area contributed by atoms with Crippen molar-refractivity contribution in [3.63, 3.8) is 0 Å². The second-order valence-electron chi connectivity index (χ2n) is 5.73. The van der Waals surface area contributed by atoms with Gasteiger partial charge >= 0.3 is 0 Å². The molecule has 2 unspecified atom stereocenters. The number of aliphatic hydroxyl groups is 1. The molecule has 0 spiro atoms. The van der Waals surface area contributed by atoms with Gasteiger partial charge in [-0.15, -0.1) is 0 Å². The number of aliphatic hydroxyl groups excluding tert-OH is 1. The van der Waals surface area contributed by atoms with E-state index in [9.17, 15) is 13.9 Å². The van der Waals surface area contributed by atoms with Gasteiger partial charge in [-0.2, -0.15) is 0 Å². The molecule has 0 radical (unpaired) electrons. The summed E-state index contributed by atoms with van der Waals surface area (Å²) in [7, 11) is 0. The fourth-order valence-electron chi connectivity index (χ4n) is 3.04. The first-order valence-corrected chi connectivity index (χ1v) is 7.49. The van der Waals surface area contributed by atoms with Gasteiger partial charge in [-0.1, -0.05) is 6.07 Å². The van der Waals surface area contributed by atoms with Gasteiger partial charge < -0.3 is 15.6 Å². The summed E-state index contributed by atoms with van der Waals surface area (Å²) in [5, 5.41) is 10.3. The van der Waals surface area contributed by atoms with Crippen molar-refractivity contribution in [2.75, 3.05) is 13.2 Å². The van der Waals surface area contributed by atoms with E-state index < -0.39 is 23.7 Å². The van der Waals surface area contributed by atoms with E-state index in [2.05, 4.69) is 0 Å². The van der Waals surface area contributed by atoms with Crippen molar-refractivity contribution in [2.45, 2.75) is 44.3 Å². The Bertz CT molecular complexity index is 464. The number of ether oxygens (including phenoxy) is 1. The number of nitrogens with two attached hydrogens (primary N) is 1. The summed E-state index contributed by atoms with van der Waals surface area (Å²) in [4.78, 5) is 0. The monoisotopic (exact) mass is 299 g/mol. The van der Waals surface area contributed by atoms with Crippen LogP contribution in [0.5, 0.6) is 0 Å². The molecule has 0 aliphatic heterocycles. The van der Waals surface area contributed by atoms with Crippen LogP contribution in [0.25, 0.3) is 0 Å². The first-order valence-electron chi connectivity index (χ1n) is 7.49. The summed E-state index contributed by atoms with van der Waals surface area (Å²) in [6.45, 7) is 2.79. The van der Waals surface area contributed by atoms with E-state index >= 15 is 0 Å². The molecule has 3 nitrogen and oxygen atoms in total. The van der Waals surface area contributed by atoms with Crippen LogP contribution in [0.4, 0.5) is 8.78 Å². The molecular formula is C16H23F2NO2. The maximum atomic E-state index is 13.8. The van der Waals surface area contributed by atoms with Crippen molar-refractivity contribution in [3.8, 4) is 0 Å². The van der Waals surface area contributed by atoms with E-state index in [-0.39, 0.29) is 18.2 Å². The second-order valence-corrected chi connectivity index (χ2v) is 5.73. The third-order valence-corrected chi connectivity index (χ3v) is 4.25. The van der Waals surface area contributed by atoms with Crippen LogP contribution in [0.3, 0.4) is 0 Å². The average molecular weight is 299 g/mol. The molecular weight excluding hydrogens is 276 g/mol. The number of halogens is 2. The lowest BCUT2D eigenvalue weighted by molar-refractivity contribution is -0.0399. The highest BCUT2D eigenvalue weighted by atomic mass is 19.1. The van der Waals surface area contributed by atoms with Gasteiger partial charge in [-0.05, 0) is 43.7 Å². The number of benzene rings is 1. The molecule has 0 amide bonds. The van der Waals surface area contributed by atoms with Crippen LogP contribution in [-0.4, -0.2) is 30.5 Å². The van der Waals surface area contributed by atoms with E-state index in [1.165, 1.54) is 12.1 Å². The van der Waals surface area contributed by atoms with E-state index in [1.54, 1.807) is 0 Å². The molecule has 2 rings (SSSR count). The van der Waals surface area contributed by atoms with Crippen LogP contribution in [0, 0.1) is 17.6 Å². The van der Waals surface area contributed by atoms with Crippen LogP contribution >= 0.6 is 0 Å². The summed E-state index contributed by atoms with van der Waals surface area (Å²) in [5.41, 5.74) is 5.96. The molecule has 1 aliphatic rings. The predicted octanol–water partition coefficient (Wildman–Crippen LogP) is 2.57.